The molecule has 1 aromatic heterocycles. The van der Waals surface area contributed by atoms with Crippen molar-refractivity contribution in [3.05, 3.63) is 69.5 Å². The van der Waals surface area contributed by atoms with Gasteiger partial charge >= 0.3 is 0 Å². The molecule has 0 bridgehead atoms. The van der Waals surface area contributed by atoms with E-state index in [4.69, 9.17) is 0 Å². The Balaban J connectivity index is 1.84. The highest BCUT2D eigenvalue weighted by atomic mass is 32.1. The fraction of sp³-hybridized carbons (Fsp3) is 0.158. The normalized spacial score (nSPS) is 10.6. The monoisotopic (exact) mass is 322 g/mol. The molecule has 0 atom stereocenters. The van der Waals surface area contributed by atoms with Crippen LogP contribution in [0.4, 0.5) is 5.69 Å². The van der Waals surface area contributed by atoms with Gasteiger partial charge in [0.25, 0.3) is 5.91 Å². The van der Waals surface area contributed by atoms with Crippen molar-refractivity contribution in [2.75, 3.05) is 5.32 Å². The molecule has 0 aliphatic carbocycles. The molecule has 0 aliphatic heterocycles. The fourth-order valence-electron chi connectivity index (χ4n) is 2.56. The molecule has 3 aromatic rings. The summed E-state index contributed by atoms with van der Waals surface area (Å²) < 4.78 is 0. The van der Waals surface area contributed by atoms with E-state index in [9.17, 15) is 4.79 Å². The van der Waals surface area contributed by atoms with Gasteiger partial charge in [0.1, 0.15) is 0 Å². The lowest BCUT2D eigenvalue weighted by molar-refractivity contribution is 0.102. The molecule has 0 fully saturated rings. The Bertz CT molecular complexity index is 847. The third-order valence-electron chi connectivity index (χ3n) is 3.52. The Kier molecular flexibility index (Phi) is 4.26. The first kappa shape index (κ1) is 15.4. The number of rotatable bonds is 3. The molecule has 23 heavy (non-hydrogen) atoms. The fourth-order valence-corrected chi connectivity index (χ4v) is 3.18. The number of carbonyl (C=O) groups is 1. The van der Waals surface area contributed by atoms with Gasteiger partial charge in [-0.25, -0.2) is 4.98 Å². The van der Waals surface area contributed by atoms with Crippen molar-refractivity contribution in [3.8, 4) is 11.3 Å². The van der Waals surface area contributed by atoms with Crippen molar-refractivity contribution >= 4 is 22.9 Å². The first-order chi connectivity index (χ1) is 11.0. The number of hydrogen-bond donors (Lipinski definition) is 1. The van der Waals surface area contributed by atoms with Gasteiger partial charge in [0.2, 0.25) is 0 Å². The van der Waals surface area contributed by atoms with Gasteiger partial charge in [-0.15, -0.1) is 11.3 Å². The van der Waals surface area contributed by atoms with E-state index in [-0.39, 0.29) is 5.91 Å². The molecule has 0 saturated heterocycles. The summed E-state index contributed by atoms with van der Waals surface area (Å²) in [6, 6.07) is 13.6. The molecule has 1 N–H and O–H groups in total. The molecule has 0 saturated carbocycles. The third kappa shape index (κ3) is 3.66. The van der Waals surface area contributed by atoms with Crippen molar-refractivity contribution in [3.63, 3.8) is 0 Å². The quantitative estimate of drug-likeness (QED) is 0.738. The lowest BCUT2D eigenvalue weighted by Gasteiger charge is -2.08. The van der Waals surface area contributed by atoms with Crippen molar-refractivity contribution in [2.24, 2.45) is 0 Å². The van der Waals surface area contributed by atoms with Crippen LogP contribution in [0, 0.1) is 20.8 Å². The van der Waals surface area contributed by atoms with Gasteiger partial charge in [0.05, 0.1) is 10.7 Å². The van der Waals surface area contributed by atoms with E-state index in [2.05, 4.69) is 16.4 Å². The molecule has 0 spiro atoms. The molecule has 0 aliphatic rings. The van der Waals surface area contributed by atoms with Gasteiger partial charge in [-0.2, -0.15) is 0 Å². The van der Waals surface area contributed by atoms with Crippen molar-refractivity contribution in [1.29, 1.82) is 0 Å². The maximum atomic E-state index is 12.4. The predicted molar refractivity (Wildman–Crippen MR) is 96.2 cm³/mol. The van der Waals surface area contributed by atoms with E-state index >= 15 is 0 Å². The average molecular weight is 322 g/mol. The molecule has 4 heteroatoms. The van der Waals surface area contributed by atoms with Gasteiger partial charge < -0.3 is 5.32 Å². The summed E-state index contributed by atoms with van der Waals surface area (Å²) in [6.45, 7) is 5.98. The zero-order valence-electron chi connectivity index (χ0n) is 13.4. The Hall–Kier alpha value is -2.46. The molecule has 3 rings (SSSR count). The Morgan fingerprint density at radius 1 is 1.04 bits per heavy atom. The molecule has 3 nitrogen and oxygen atoms in total. The number of aromatic nitrogens is 1. The highest BCUT2D eigenvalue weighted by Crippen LogP contribution is 2.24. The minimum atomic E-state index is -0.0941. The Morgan fingerprint density at radius 3 is 2.43 bits per heavy atom. The highest BCUT2D eigenvalue weighted by molar-refractivity contribution is 7.09. The van der Waals surface area contributed by atoms with Crippen LogP contribution in [-0.4, -0.2) is 10.9 Å². The zero-order valence-corrected chi connectivity index (χ0v) is 14.2. The van der Waals surface area contributed by atoms with E-state index < -0.39 is 0 Å². The molecule has 0 radical (unpaired) electrons. The number of hydrogen-bond acceptors (Lipinski definition) is 3. The summed E-state index contributed by atoms with van der Waals surface area (Å²) in [5, 5.41) is 6.03. The van der Waals surface area contributed by atoms with Gasteiger partial charge in [-0.05, 0) is 45.0 Å². The molecular weight excluding hydrogens is 304 g/mol. The van der Waals surface area contributed by atoms with Crippen LogP contribution in [0.3, 0.4) is 0 Å². The first-order valence-corrected chi connectivity index (χ1v) is 8.31. The number of nitrogens with zero attached hydrogens (tertiary/aromatic N) is 1. The predicted octanol–water partition coefficient (Wildman–Crippen LogP) is 4.99. The maximum Gasteiger partial charge on any atom is 0.255 e. The lowest BCUT2D eigenvalue weighted by atomic mass is 10.1. The summed E-state index contributed by atoms with van der Waals surface area (Å²) >= 11 is 1.62. The molecule has 1 heterocycles. The number of anilines is 1. The SMILES string of the molecule is Cc1cc(C)cc(C(=O)Nc2cccc(-c3csc(C)n3)c2)c1. The first-order valence-electron chi connectivity index (χ1n) is 7.43. The summed E-state index contributed by atoms with van der Waals surface area (Å²) in [5.74, 6) is -0.0941. The lowest BCUT2D eigenvalue weighted by Crippen LogP contribution is -2.12. The smallest absolute Gasteiger partial charge is 0.255 e. The minimum absolute atomic E-state index is 0.0941. The second-order valence-electron chi connectivity index (χ2n) is 5.66. The molecule has 2 aromatic carbocycles. The van der Waals surface area contributed by atoms with E-state index in [1.807, 2.05) is 62.5 Å². The van der Waals surface area contributed by atoms with Crippen LogP contribution in [0.5, 0.6) is 0 Å². The summed E-state index contributed by atoms with van der Waals surface area (Å²) in [4.78, 5) is 16.9. The number of aryl methyl sites for hydroxylation is 3. The van der Waals surface area contributed by atoms with Gasteiger partial charge in [-0.3, -0.25) is 4.79 Å². The molecule has 116 valence electrons. The molecule has 0 unspecified atom stereocenters. The van der Waals surface area contributed by atoms with Crippen LogP contribution in [0.15, 0.2) is 47.8 Å². The third-order valence-corrected chi connectivity index (χ3v) is 4.29. The van der Waals surface area contributed by atoms with Crippen LogP contribution in [0.2, 0.25) is 0 Å². The average Bonchev–Trinajstić information content (AvgIpc) is 2.93. The minimum Gasteiger partial charge on any atom is -0.322 e. The second kappa shape index (κ2) is 6.34. The van der Waals surface area contributed by atoms with Crippen molar-refractivity contribution < 1.29 is 4.79 Å². The summed E-state index contributed by atoms with van der Waals surface area (Å²) in [6.07, 6.45) is 0. The van der Waals surface area contributed by atoms with Crippen LogP contribution >= 0.6 is 11.3 Å². The number of carbonyl (C=O) groups excluding carboxylic acids is 1. The van der Waals surface area contributed by atoms with Gasteiger partial charge in [-0.1, -0.05) is 29.3 Å². The maximum absolute atomic E-state index is 12.4. The number of benzene rings is 2. The van der Waals surface area contributed by atoms with E-state index in [1.165, 1.54) is 0 Å². The summed E-state index contributed by atoms with van der Waals surface area (Å²) in [5.41, 5.74) is 5.57. The van der Waals surface area contributed by atoms with Crippen LogP contribution < -0.4 is 5.32 Å². The second-order valence-corrected chi connectivity index (χ2v) is 6.73. The summed E-state index contributed by atoms with van der Waals surface area (Å²) in [7, 11) is 0. The number of thiazole rings is 1. The zero-order chi connectivity index (χ0) is 16.4. The Labute approximate surface area is 140 Å². The van der Waals surface area contributed by atoms with E-state index in [0.29, 0.717) is 5.56 Å². The van der Waals surface area contributed by atoms with E-state index in [1.54, 1.807) is 11.3 Å². The number of amides is 1. The van der Waals surface area contributed by atoms with Gasteiger partial charge in [0, 0.05) is 22.2 Å². The van der Waals surface area contributed by atoms with Crippen LogP contribution in [0.1, 0.15) is 26.5 Å². The number of nitrogens with one attached hydrogen (secondary N) is 1. The molecule has 1 amide bonds. The topological polar surface area (TPSA) is 42.0 Å². The highest BCUT2D eigenvalue weighted by Gasteiger charge is 2.09. The van der Waals surface area contributed by atoms with E-state index in [0.717, 1.165) is 33.1 Å². The standard InChI is InChI=1S/C19H18N2OS/c1-12-7-13(2)9-16(8-12)19(22)21-17-6-4-5-15(10-17)18-11-23-14(3)20-18/h4-11H,1-3H3,(H,21,22). The van der Waals surface area contributed by atoms with Crippen LogP contribution in [-0.2, 0) is 0 Å². The van der Waals surface area contributed by atoms with Crippen LogP contribution in [0.25, 0.3) is 11.3 Å². The van der Waals surface area contributed by atoms with Gasteiger partial charge in [0.15, 0.2) is 0 Å². The van der Waals surface area contributed by atoms with Crippen molar-refractivity contribution in [1.82, 2.24) is 4.98 Å². The largest absolute Gasteiger partial charge is 0.322 e. The Morgan fingerprint density at radius 2 is 1.78 bits per heavy atom. The molecular formula is C19H18N2OS. The van der Waals surface area contributed by atoms with Crippen molar-refractivity contribution in [2.45, 2.75) is 20.8 Å².